The van der Waals surface area contributed by atoms with Gasteiger partial charge >= 0.3 is 0 Å². The van der Waals surface area contributed by atoms with Crippen LogP contribution in [0.2, 0.25) is 0 Å². The van der Waals surface area contributed by atoms with E-state index in [1.807, 2.05) is 19.3 Å². The first-order valence-corrected chi connectivity index (χ1v) is 3.55. The van der Waals surface area contributed by atoms with Crippen LogP contribution >= 0.6 is 0 Å². The number of aryl methyl sites for hydroxylation is 1. The molecule has 0 spiro atoms. The van der Waals surface area contributed by atoms with Crippen LogP contribution in [0.4, 0.5) is 0 Å². The molecular formula is C8H15N2+. The second kappa shape index (κ2) is 2.11. The minimum atomic E-state index is 0.193. The molecule has 0 amide bonds. The van der Waals surface area contributed by atoms with Gasteiger partial charge in [-0.05, 0) is 20.8 Å². The molecule has 0 aliphatic carbocycles. The second-order valence-electron chi connectivity index (χ2n) is 3.58. The zero-order valence-electron chi connectivity index (χ0n) is 7.13. The lowest BCUT2D eigenvalue weighted by Crippen LogP contribution is -2.45. The number of hydrogen-bond donors (Lipinski definition) is 0. The van der Waals surface area contributed by atoms with Gasteiger partial charge in [-0.3, -0.25) is 0 Å². The Morgan fingerprint density at radius 1 is 1.30 bits per heavy atom. The summed E-state index contributed by atoms with van der Waals surface area (Å²) in [5.41, 5.74) is 0.193. The van der Waals surface area contributed by atoms with Crippen molar-refractivity contribution in [1.29, 1.82) is 0 Å². The third kappa shape index (κ3) is 1.20. The minimum absolute atomic E-state index is 0.193. The van der Waals surface area contributed by atoms with Gasteiger partial charge in [0.05, 0.1) is 11.7 Å². The van der Waals surface area contributed by atoms with E-state index in [0.717, 1.165) is 0 Å². The molecule has 0 aliphatic heterocycles. The second-order valence-corrected chi connectivity index (χ2v) is 3.58. The Hall–Kier alpha value is -0.790. The fraction of sp³-hybridized carbons (Fsp3) is 0.625. The van der Waals surface area contributed by atoms with Gasteiger partial charge < -0.3 is 0 Å². The number of nitrogens with zero attached hydrogens (tertiary/aromatic N) is 2. The molecule has 1 heterocycles. The summed E-state index contributed by atoms with van der Waals surface area (Å²) in [6.07, 6.45) is 4.13. The van der Waals surface area contributed by atoms with Crippen molar-refractivity contribution in [2.45, 2.75) is 26.3 Å². The standard InChI is InChI=1S/C8H15N2/c1-8(2,3)10-7-5-6-9(10)4/h5-7H,1-4H3/q+1. The molecule has 1 aromatic heterocycles. The van der Waals surface area contributed by atoms with Crippen molar-refractivity contribution in [3.63, 3.8) is 0 Å². The van der Waals surface area contributed by atoms with E-state index in [1.54, 1.807) is 0 Å². The van der Waals surface area contributed by atoms with Gasteiger partial charge in [-0.2, -0.15) is 4.68 Å². The first kappa shape index (κ1) is 7.32. The van der Waals surface area contributed by atoms with Crippen LogP contribution in [0.3, 0.4) is 0 Å². The third-order valence-corrected chi connectivity index (χ3v) is 1.56. The monoisotopic (exact) mass is 139 g/mol. The van der Waals surface area contributed by atoms with Crippen molar-refractivity contribution < 1.29 is 4.68 Å². The Bertz CT molecular complexity index is 217. The molecule has 0 N–H and O–H groups in total. The smallest absolute Gasteiger partial charge is 0.156 e. The highest BCUT2D eigenvalue weighted by molar-refractivity contribution is 4.77. The van der Waals surface area contributed by atoms with E-state index in [0.29, 0.717) is 0 Å². The first-order valence-electron chi connectivity index (χ1n) is 3.55. The van der Waals surface area contributed by atoms with Gasteiger partial charge in [-0.1, -0.05) is 0 Å². The Morgan fingerprint density at radius 3 is 2.10 bits per heavy atom. The van der Waals surface area contributed by atoms with Crippen LogP contribution < -0.4 is 4.68 Å². The van der Waals surface area contributed by atoms with E-state index in [4.69, 9.17) is 0 Å². The van der Waals surface area contributed by atoms with Crippen molar-refractivity contribution in [2.24, 2.45) is 7.05 Å². The Morgan fingerprint density at radius 2 is 1.90 bits per heavy atom. The van der Waals surface area contributed by atoms with Crippen LogP contribution in [0.25, 0.3) is 0 Å². The topological polar surface area (TPSA) is 8.81 Å². The normalized spacial score (nSPS) is 12.0. The van der Waals surface area contributed by atoms with Crippen molar-refractivity contribution in [3.05, 3.63) is 18.5 Å². The predicted molar refractivity (Wildman–Crippen MR) is 40.6 cm³/mol. The highest BCUT2D eigenvalue weighted by Crippen LogP contribution is 2.08. The minimum Gasteiger partial charge on any atom is -0.156 e. The molecule has 0 unspecified atom stereocenters. The highest BCUT2D eigenvalue weighted by Gasteiger charge is 2.18. The molecular weight excluding hydrogens is 124 g/mol. The molecule has 0 fully saturated rings. The molecule has 0 aromatic carbocycles. The van der Waals surface area contributed by atoms with Crippen LogP contribution in [0.5, 0.6) is 0 Å². The SMILES string of the molecule is C[n+]1cccn1C(C)(C)C. The van der Waals surface area contributed by atoms with E-state index < -0.39 is 0 Å². The average molecular weight is 139 g/mol. The first-order chi connectivity index (χ1) is 4.52. The van der Waals surface area contributed by atoms with Gasteiger partial charge in [-0.15, -0.1) is 4.68 Å². The average Bonchev–Trinajstić information content (AvgIpc) is 2.11. The van der Waals surface area contributed by atoms with E-state index in [2.05, 4.69) is 36.3 Å². The van der Waals surface area contributed by atoms with Crippen molar-refractivity contribution in [2.75, 3.05) is 0 Å². The third-order valence-electron chi connectivity index (χ3n) is 1.56. The van der Waals surface area contributed by atoms with Crippen molar-refractivity contribution in [3.8, 4) is 0 Å². The van der Waals surface area contributed by atoms with E-state index in [-0.39, 0.29) is 5.54 Å². The summed E-state index contributed by atoms with van der Waals surface area (Å²) >= 11 is 0. The molecule has 0 radical (unpaired) electrons. The van der Waals surface area contributed by atoms with Gasteiger partial charge in [-0.25, -0.2) is 0 Å². The molecule has 1 aromatic rings. The van der Waals surface area contributed by atoms with Crippen LogP contribution in [-0.4, -0.2) is 4.68 Å². The van der Waals surface area contributed by atoms with Crippen molar-refractivity contribution in [1.82, 2.24) is 4.68 Å². The zero-order valence-corrected chi connectivity index (χ0v) is 7.13. The molecule has 56 valence electrons. The maximum absolute atomic E-state index is 2.19. The number of aromatic nitrogens is 2. The lowest BCUT2D eigenvalue weighted by Gasteiger charge is -2.16. The fourth-order valence-corrected chi connectivity index (χ4v) is 1.12. The van der Waals surface area contributed by atoms with E-state index in [9.17, 15) is 0 Å². The Kier molecular flexibility index (Phi) is 1.55. The number of hydrogen-bond acceptors (Lipinski definition) is 0. The molecule has 10 heavy (non-hydrogen) atoms. The summed E-state index contributed by atoms with van der Waals surface area (Å²) in [6, 6.07) is 2.05. The van der Waals surface area contributed by atoms with Gasteiger partial charge in [0, 0.05) is 6.07 Å². The van der Waals surface area contributed by atoms with Gasteiger partial charge in [0.2, 0.25) is 0 Å². The molecule has 0 aliphatic rings. The van der Waals surface area contributed by atoms with Crippen LogP contribution in [-0.2, 0) is 12.6 Å². The van der Waals surface area contributed by atoms with E-state index >= 15 is 0 Å². The fourth-order valence-electron chi connectivity index (χ4n) is 1.12. The molecule has 0 saturated heterocycles. The molecule has 0 saturated carbocycles. The van der Waals surface area contributed by atoms with Crippen molar-refractivity contribution >= 4 is 0 Å². The molecule has 1 rings (SSSR count). The summed E-state index contributed by atoms with van der Waals surface area (Å²) in [5.74, 6) is 0. The summed E-state index contributed by atoms with van der Waals surface area (Å²) in [7, 11) is 2.05. The summed E-state index contributed by atoms with van der Waals surface area (Å²) < 4.78 is 4.27. The molecule has 0 bridgehead atoms. The Labute approximate surface area is 62.1 Å². The lowest BCUT2D eigenvalue weighted by molar-refractivity contribution is -0.759. The largest absolute Gasteiger partial charge is 0.195 e. The predicted octanol–water partition coefficient (Wildman–Crippen LogP) is 1.07. The van der Waals surface area contributed by atoms with E-state index in [1.165, 1.54) is 0 Å². The van der Waals surface area contributed by atoms with Gasteiger partial charge in [0.25, 0.3) is 0 Å². The summed E-state index contributed by atoms with van der Waals surface area (Å²) in [4.78, 5) is 0. The lowest BCUT2D eigenvalue weighted by atomic mass is 10.1. The zero-order chi connectivity index (χ0) is 7.78. The highest BCUT2D eigenvalue weighted by atomic mass is 15.4. The molecule has 2 nitrogen and oxygen atoms in total. The van der Waals surface area contributed by atoms with Crippen LogP contribution in [0.15, 0.2) is 18.5 Å². The summed E-state index contributed by atoms with van der Waals surface area (Å²) in [5, 5.41) is 0. The maximum Gasteiger partial charge on any atom is 0.195 e. The number of rotatable bonds is 0. The van der Waals surface area contributed by atoms with Gasteiger partial charge in [0.15, 0.2) is 13.2 Å². The summed E-state index contributed by atoms with van der Waals surface area (Å²) in [6.45, 7) is 6.56. The van der Waals surface area contributed by atoms with Crippen LogP contribution in [0, 0.1) is 0 Å². The molecule has 2 heteroatoms. The Balaban J connectivity index is 3.05. The maximum atomic E-state index is 2.19. The molecule has 0 atom stereocenters. The quantitative estimate of drug-likeness (QED) is 0.475. The van der Waals surface area contributed by atoms with Crippen LogP contribution in [0.1, 0.15) is 20.8 Å². The van der Waals surface area contributed by atoms with Gasteiger partial charge in [0.1, 0.15) is 0 Å².